The molecule has 2 aromatic heterocycles. The van der Waals surface area contributed by atoms with Gasteiger partial charge in [-0.2, -0.15) is 4.39 Å². The fraction of sp³-hybridized carbons (Fsp3) is 0.364. The van der Waals surface area contributed by atoms with Crippen molar-refractivity contribution in [3.8, 4) is 0 Å². The van der Waals surface area contributed by atoms with Crippen LogP contribution in [0.1, 0.15) is 30.9 Å². The maximum atomic E-state index is 13.9. The van der Waals surface area contributed by atoms with Crippen molar-refractivity contribution in [1.29, 1.82) is 0 Å². The lowest BCUT2D eigenvalue weighted by atomic mass is 10.1. The smallest absolute Gasteiger partial charge is 0.258 e. The van der Waals surface area contributed by atoms with Crippen LogP contribution in [0.5, 0.6) is 0 Å². The summed E-state index contributed by atoms with van der Waals surface area (Å²) in [6, 6.07) is 0. The molecular formula is C11H12FN3OS. The molecule has 0 spiro atoms. The van der Waals surface area contributed by atoms with Crippen molar-refractivity contribution < 1.29 is 4.39 Å². The fourth-order valence-corrected chi connectivity index (χ4v) is 1.95. The molecule has 0 atom stereocenters. The van der Waals surface area contributed by atoms with E-state index in [2.05, 4.69) is 9.97 Å². The number of hydrogen-bond acceptors (Lipinski definition) is 3. The highest BCUT2D eigenvalue weighted by atomic mass is 32.1. The molecule has 6 heteroatoms. The van der Waals surface area contributed by atoms with Crippen molar-refractivity contribution in [3.63, 3.8) is 0 Å². The summed E-state index contributed by atoms with van der Waals surface area (Å²) >= 11 is 5.11. The van der Waals surface area contributed by atoms with Gasteiger partial charge in [-0.15, -0.1) is 0 Å². The topological polar surface area (TPSA) is 50.2 Å². The molecule has 0 aromatic carbocycles. The quantitative estimate of drug-likeness (QED) is 0.627. The van der Waals surface area contributed by atoms with E-state index in [0.717, 1.165) is 5.56 Å². The van der Waals surface area contributed by atoms with Gasteiger partial charge in [0.1, 0.15) is 4.64 Å². The fourth-order valence-electron chi connectivity index (χ4n) is 1.57. The average Bonchev–Trinajstić information content (AvgIpc) is 2.25. The zero-order valence-electron chi connectivity index (χ0n) is 9.74. The average molecular weight is 253 g/mol. The second-order valence-corrected chi connectivity index (χ2v) is 4.61. The lowest BCUT2D eigenvalue weighted by Gasteiger charge is -2.09. The molecule has 0 aliphatic carbocycles. The standard InChI is InChI=1S/C11H12FN3OS/c1-5(2)7-4-15-8(12)6(3)9(16)13-11(15)14-10(7)17/h4-5H,1-3H3,(H,13,14,16,17). The summed E-state index contributed by atoms with van der Waals surface area (Å²) in [6.07, 6.45) is 1.59. The largest absolute Gasteiger partial charge is 0.292 e. The summed E-state index contributed by atoms with van der Waals surface area (Å²) in [5.41, 5.74) is 0.334. The Kier molecular flexibility index (Phi) is 2.82. The van der Waals surface area contributed by atoms with Crippen molar-refractivity contribution in [2.45, 2.75) is 26.7 Å². The molecule has 0 aliphatic rings. The van der Waals surface area contributed by atoms with Gasteiger partial charge in [0.05, 0.1) is 5.56 Å². The summed E-state index contributed by atoms with van der Waals surface area (Å²) in [6.45, 7) is 5.34. The van der Waals surface area contributed by atoms with Crippen LogP contribution in [-0.4, -0.2) is 14.4 Å². The summed E-state index contributed by atoms with van der Waals surface area (Å²) in [5.74, 6) is -0.320. The molecule has 2 aromatic rings. The number of nitrogens with one attached hydrogen (secondary N) is 1. The van der Waals surface area contributed by atoms with Crippen molar-refractivity contribution in [2.75, 3.05) is 0 Å². The van der Waals surface area contributed by atoms with Crippen molar-refractivity contribution in [3.05, 3.63) is 38.3 Å². The van der Waals surface area contributed by atoms with Crippen LogP contribution in [-0.2, 0) is 0 Å². The third-order valence-corrected chi connectivity index (χ3v) is 2.99. The Morgan fingerprint density at radius 3 is 2.76 bits per heavy atom. The van der Waals surface area contributed by atoms with Crippen molar-refractivity contribution in [2.24, 2.45) is 0 Å². The summed E-state index contributed by atoms with van der Waals surface area (Å²) in [4.78, 5) is 17.9. The molecule has 0 amide bonds. The number of aromatic nitrogens is 3. The highest BCUT2D eigenvalue weighted by Crippen LogP contribution is 2.15. The van der Waals surface area contributed by atoms with E-state index in [9.17, 15) is 9.18 Å². The van der Waals surface area contributed by atoms with E-state index in [0.29, 0.717) is 4.64 Å². The molecule has 1 N–H and O–H groups in total. The molecule has 90 valence electrons. The summed E-state index contributed by atoms with van der Waals surface area (Å²) < 4.78 is 15.5. The molecule has 17 heavy (non-hydrogen) atoms. The molecule has 2 heterocycles. The van der Waals surface area contributed by atoms with Gasteiger partial charge in [0.25, 0.3) is 5.56 Å². The number of fused-ring (bicyclic) bond motifs is 1. The lowest BCUT2D eigenvalue weighted by Crippen LogP contribution is -2.18. The molecule has 0 fully saturated rings. The van der Waals surface area contributed by atoms with E-state index in [1.54, 1.807) is 6.20 Å². The van der Waals surface area contributed by atoms with E-state index in [1.165, 1.54) is 11.3 Å². The number of nitrogens with zero attached hydrogens (tertiary/aromatic N) is 2. The van der Waals surface area contributed by atoms with Crippen LogP contribution in [0.3, 0.4) is 0 Å². The molecule has 2 rings (SSSR count). The number of H-pyrrole nitrogens is 1. The van der Waals surface area contributed by atoms with Gasteiger partial charge in [0.2, 0.25) is 11.7 Å². The maximum absolute atomic E-state index is 13.9. The van der Waals surface area contributed by atoms with Crippen LogP contribution < -0.4 is 5.56 Å². The summed E-state index contributed by atoms with van der Waals surface area (Å²) in [5, 5.41) is 0. The maximum Gasteiger partial charge on any atom is 0.258 e. The number of halogens is 1. The SMILES string of the molecule is Cc1c(F)n2cc(C(C)C)c(=S)nc2[nH]c1=O. The molecule has 4 nitrogen and oxygen atoms in total. The zero-order valence-corrected chi connectivity index (χ0v) is 10.6. The van der Waals surface area contributed by atoms with E-state index >= 15 is 0 Å². The van der Waals surface area contributed by atoms with Gasteiger partial charge >= 0.3 is 0 Å². The van der Waals surface area contributed by atoms with Gasteiger partial charge in [-0.05, 0) is 12.8 Å². The minimum absolute atomic E-state index is 0.0381. The monoisotopic (exact) mass is 253 g/mol. The molecule has 0 saturated heterocycles. The number of hydrogen-bond donors (Lipinski definition) is 1. The van der Waals surface area contributed by atoms with E-state index < -0.39 is 11.5 Å². The molecular weight excluding hydrogens is 241 g/mol. The first-order chi connectivity index (χ1) is 7.91. The van der Waals surface area contributed by atoms with Crippen LogP contribution in [0.2, 0.25) is 0 Å². The Morgan fingerprint density at radius 2 is 2.18 bits per heavy atom. The molecule has 0 radical (unpaired) electrons. The van der Waals surface area contributed by atoms with Gasteiger partial charge in [-0.25, -0.2) is 4.98 Å². The Balaban J connectivity index is 2.95. The van der Waals surface area contributed by atoms with E-state index in [1.807, 2.05) is 13.8 Å². The van der Waals surface area contributed by atoms with Gasteiger partial charge in [-0.1, -0.05) is 26.1 Å². The van der Waals surface area contributed by atoms with Crippen LogP contribution >= 0.6 is 12.2 Å². The third-order valence-electron chi connectivity index (χ3n) is 2.66. The Labute approximate surface area is 102 Å². The van der Waals surface area contributed by atoms with Gasteiger partial charge < -0.3 is 0 Å². The Morgan fingerprint density at radius 1 is 1.53 bits per heavy atom. The second-order valence-electron chi connectivity index (χ2n) is 4.22. The highest BCUT2D eigenvalue weighted by Gasteiger charge is 2.11. The van der Waals surface area contributed by atoms with E-state index in [4.69, 9.17) is 12.2 Å². The zero-order chi connectivity index (χ0) is 12.7. The van der Waals surface area contributed by atoms with Crippen LogP contribution in [0.25, 0.3) is 5.78 Å². The molecule has 0 unspecified atom stereocenters. The van der Waals surface area contributed by atoms with Crippen molar-refractivity contribution >= 4 is 18.0 Å². The van der Waals surface area contributed by atoms with Crippen LogP contribution in [0.15, 0.2) is 11.0 Å². The number of rotatable bonds is 1. The van der Waals surface area contributed by atoms with Gasteiger partial charge in [0.15, 0.2) is 0 Å². The second kappa shape index (κ2) is 4.03. The third kappa shape index (κ3) is 1.88. The minimum Gasteiger partial charge on any atom is -0.292 e. The highest BCUT2D eigenvalue weighted by molar-refractivity contribution is 7.71. The summed E-state index contributed by atoms with van der Waals surface area (Å²) in [7, 11) is 0. The normalized spacial score (nSPS) is 11.4. The molecule has 0 saturated carbocycles. The molecule has 0 aliphatic heterocycles. The first-order valence-electron chi connectivity index (χ1n) is 5.23. The molecule has 0 bridgehead atoms. The predicted molar refractivity (Wildman–Crippen MR) is 65.4 cm³/mol. The van der Waals surface area contributed by atoms with Crippen molar-refractivity contribution in [1.82, 2.24) is 14.4 Å². The first kappa shape index (κ1) is 11.9. The van der Waals surface area contributed by atoms with Crippen LogP contribution in [0, 0.1) is 17.5 Å². The Bertz CT molecular complexity index is 702. The lowest BCUT2D eigenvalue weighted by molar-refractivity contribution is 0.546. The predicted octanol–water partition coefficient (Wildman–Crippen LogP) is 2.32. The van der Waals surface area contributed by atoms with Gasteiger partial charge in [0, 0.05) is 11.8 Å². The van der Waals surface area contributed by atoms with E-state index in [-0.39, 0.29) is 17.3 Å². The minimum atomic E-state index is -0.604. The van der Waals surface area contributed by atoms with Crippen LogP contribution in [0.4, 0.5) is 4.39 Å². The Hall–Kier alpha value is -1.56. The number of aromatic amines is 1. The first-order valence-corrected chi connectivity index (χ1v) is 5.64. The van der Waals surface area contributed by atoms with Gasteiger partial charge in [-0.3, -0.25) is 14.2 Å².